The van der Waals surface area contributed by atoms with Gasteiger partial charge < -0.3 is 19.6 Å². The zero-order valence-corrected chi connectivity index (χ0v) is 23.3. The number of ether oxygens (including phenoxy) is 1. The summed E-state index contributed by atoms with van der Waals surface area (Å²) in [6.07, 6.45) is 2.63. The molecule has 0 amide bonds. The fraction of sp³-hybridized carbons (Fsp3) is 0.483. The molecule has 1 aromatic heterocycles. The number of rotatable bonds is 11. The van der Waals surface area contributed by atoms with Crippen LogP contribution in [0.4, 0.5) is 23.2 Å². The fourth-order valence-corrected chi connectivity index (χ4v) is 6.20. The van der Waals surface area contributed by atoms with Crippen molar-refractivity contribution in [1.29, 1.82) is 0 Å². The van der Waals surface area contributed by atoms with Crippen LogP contribution in [0.2, 0.25) is 0 Å². The molecule has 1 saturated heterocycles. The van der Waals surface area contributed by atoms with Crippen molar-refractivity contribution >= 4 is 28.4 Å². The maximum Gasteiger partial charge on any atom is 0.142 e. The highest BCUT2D eigenvalue weighted by Crippen LogP contribution is 2.42. The number of hydrogen-bond donors (Lipinski definition) is 1. The minimum Gasteiger partial charge on any atom is -0.497 e. The minimum absolute atomic E-state index is 0.0280. The fourth-order valence-electron chi connectivity index (χ4n) is 5.25. The molecule has 0 spiro atoms. The Morgan fingerprint density at radius 1 is 1.13 bits per heavy atom. The second kappa shape index (κ2) is 12.7. The van der Waals surface area contributed by atoms with E-state index in [1.54, 1.807) is 19.4 Å². The van der Waals surface area contributed by atoms with Crippen molar-refractivity contribution in [2.45, 2.75) is 36.8 Å². The number of anilines is 1. The first-order valence-electron chi connectivity index (χ1n) is 13.0. The molecule has 1 aliphatic heterocycles. The molecular formula is C29H35F4N3O2S. The van der Waals surface area contributed by atoms with Crippen LogP contribution in [0.15, 0.2) is 41.4 Å². The van der Waals surface area contributed by atoms with Crippen molar-refractivity contribution in [2.24, 2.45) is 5.41 Å². The number of hydrogen-bond acceptors (Lipinski definition) is 6. The van der Waals surface area contributed by atoms with Gasteiger partial charge in [0, 0.05) is 56.1 Å². The zero-order valence-electron chi connectivity index (χ0n) is 22.5. The third kappa shape index (κ3) is 6.78. The molecule has 3 aromatic rings. The molecule has 39 heavy (non-hydrogen) atoms. The second-order valence-corrected chi connectivity index (χ2v) is 11.5. The van der Waals surface area contributed by atoms with E-state index in [2.05, 4.69) is 9.88 Å². The number of thioether (sulfide) groups is 1. The topological polar surface area (TPSA) is 48.8 Å². The number of halogens is 4. The molecule has 0 saturated carbocycles. The van der Waals surface area contributed by atoms with E-state index in [0.29, 0.717) is 84.7 Å². The van der Waals surface area contributed by atoms with Crippen LogP contribution in [-0.2, 0) is 0 Å². The summed E-state index contributed by atoms with van der Waals surface area (Å²) in [4.78, 5) is 8.36. The zero-order chi connectivity index (χ0) is 28.2. The second-order valence-electron chi connectivity index (χ2n) is 10.4. The Morgan fingerprint density at radius 3 is 2.44 bits per heavy atom. The lowest BCUT2D eigenvalue weighted by Crippen LogP contribution is -2.43. The first kappa shape index (κ1) is 29.4. The normalized spacial score (nSPS) is 16.4. The minimum atomic E-state index is -1.25. The molecule has 0 radical (unpaired) electrons. The molecule has 2 aromatic carbocycles. The average Bonchev–Trinajstić information content (AvgIpc) is 2.92. The number of alkyl halides is 1. The number of methoxy groups -OCH3 is 1. The average molecular weight is 566 g/mol. The monoisotopic (exact) mass is 565 g/mol. The van der Waals surface area contributed by atoms with Gasteiger partial charge >= 0.3 is 0 Å². The Kier molecular flexibility index (Phi) is 9.61. The maximum atomic E-state index is 16.0. The number of pyridine rings is 1. The van der Waals surface area contributed by atoms with Gasteiger partial charge in [0.05, 0.1) is 29.4 Å². The van der Waals surface area contributed by atoms with Gasteiger partial charge in [-0.15, -0.1) is 11.8 Å². The van der Waals surface area contributed by atoms with E-state index in [0.717, 1.165) is 11.8 Å². The first-order chi connectivity index (χ1) is 18.7. The van der Waals surface area contributed by atoms with E-state index in [9.17, 15) is 18.3 Å². The van der Waals surface area contributed by atoms with Crippen molar-refractivity contribution in [2.75, 3.05) is 58.1 Å². The summed E-state index contributed by atoms with van der Waals surface area (Å²) >= 11 is 1.03. The van der Waals surface area contributed by atoms with Crippen LogP contribution >= 0.6 is 11.8 Å². The summed E-state index contributed by atoms with van der Waals surface area (Å²) < 4.78 is 62.3. The molecule has 1 atom stereocenters. The van der Waals surface area contributed by atoms with E-state index < -0.39 is 23.6 Å². The number of piperidine rings is 1. The van der Waals surface area contributed by atoms with Gasteiger partial charge in [-0.25, -0.2) is 17.6 Å². The van der Waals surface area contributed by atoms with E-state index in [4.69, 9.17) is 4.74 Å². The summed E-state index contributed by atoms with van der Waals surface area (Å²) in [5.41, 5.74) is 1.60. The molecule has 10 heteroatoms. The lowest BCUT2D eigenvalue weighted by Gasteiger charge is -2.41. The molecule has 1 unspecified atom stereocenters. The summed E-state index contributed by atoms with van der Waals surface area (Å²) in [5.74, 6) is -1.64. The summed E-state index contributed by atoms with van der Waals surface area (Å²) in [6.45, 7) is 1.97. The number of aromatic nitrogens is 1. The van der Waals surface area contributed by atoms with Crippen LogP contribution < -0.4 is 9.64 Å². The SMILES string of the molecule is COc1ccc2ncc(N(C)C)c(C(F)CCC3(CO)CCN(CCSc4c(F)cc(F)cc4F)CC3)c2c1. The highest BCUT2D eigenvalue weighted by Gasteiger charge is 2.35. The van der Waals surface area contributed by atoms with E-state index in [1.807, 2.05) is 31.1 Å². The predicted molar refractivity (Wildman–Crippen MR) is 148 cm³/mol. The molecule has 0 bridgehead atoms. The molecule has 212 valence electrons. The Hall–Kier alpha value is -2.56. The van der Waals surface area contributed by atoms with Gasteiger partial charge in [0.1, 0.15) is 29.4 Å². The molecular weight excluding hydrogens is 530 g/mol. The Balaban J connectivity index is 1.38. The van der Waals surface area contributed by atoms with Crippen LogP contribution in [0.25, 0.3) is 10.9 Å². The number of aliphatic hydroxyl groups is 1. The van der Waals surface area contributed by atoms with Crippen molar-refractivity contribution in [1.82, 2.24) is 9.88 Å². The standard InChI is InChI=1S/C29H35F4N3O2S/c1-35(2)26-17-34-25-5-4-20(38-3)16-21(25)27(26)22(31)6-7-29(18-37)8-10-36(11-9-29)12-13-39-28-23(32)14-19(30)15-24(28)33/h4-5,14-17,22,37H,6-13,18H2,1-3H3. The number of likely N-dealkylation sites (tertiary alicyclic amines) is 1. The van der Waals surface area contributed by atoms with Gasteiger partial charge in [0.15, 0.2) is 0 Å². The van der Waals surface area contributed by atoms with E-state index in [-0.39, 0.29) is 23.3 Å². The Bertz CT molecular complexity index is 1260. The number of nitrogens with zero attached hydrogens (tertiary/aromatic N) is 3. The van der Waals surface area contributed by atoms with Crippen LogP contribution in [-0.4, -0.2) is 68.2 Å². The molecule has 1 N–H and O–H groups in total. The first-order valence-corrected chi connectivity index (χ1v) is 14.0. The van der Waals surface area contributed by atoms with Crippen LogP contribution in [0.1, 0.15) is 37.4 Å². The Morgan fingerprint density at radius 2 is 1.82 bits per heavy atom. The van der Waals surface area contributed by atoms with Crippen LogP contribution in [0.5, 0.6) is 5.75 Å². The van der Waals surface area contributed by atoms with Gasteiger partial charge in [-0.2, -0.15) is 0 Å². The van der Waals surface area contributed by atoms with Crippen molar-refractivity contribution < 1.29 is 27.4 Å². The lowest BCUT2D eigenvalue weighted by atomic mass is 9.74. The molecule has 2 heterocycles. The third-order valence-electron chi connectivity index (χ3n) is 7.69. The predicted octanol–water partition coefficient (Wildman–Crippen LogP) is 6.38. The van der Waals surface area contributed by atoms with Crippen molar-refractivity contribution in [3.05, 3.63) is 59.5 Å². The summed E-state index contributed by atoms with van der Waals surface area (Å²) in [7, 11) is 5.30. The largest absolute Gasteiger partial charge is 0.497 e. The maximum absolute atomic E-state index is 16.0. The van der Waals surface area contributed by atoms with Gasteiger partial charge in [0.25, 0.3) is 0 Å². The highest BCUT2D eigenvalue weighted by atomic mass is 32.2. The Labute approximate surface area is 231 Å². The van der Waals surface area contributed by atoms with Gasteiger partial charge in [-0.05, 0) is 62.4 Å². The molecule has 0 aliphatic carbocycles. The van der Waals surface area contributed by atoms with Crippen molar-refractivity contribution in [3.8, 4) is 5.75 Å². The third-order valence-corrected chi connectivity index (χ3v) is 8.75. The molecule has 1 aliphatic rings. The summed E-state index contributed by atoms with van der Waals surface area (Å²) in [5, 5.41) is 11.0. The van der Waals surface area contributed by atoms with Crippen LogP contribution in [0, 0.1) is 22.9 Å². The van der Waals surface area contributed by atoms with Gasteiger partial charge in [0.2, 0.25) is 0 Å². The molecule has 4 rings (SSSR count). The number of benzene rings is 2. The lowest BCUT2D eigenvalue weighted by molar-refractivity contribution is 0.0323. The van der Waals surface area contributed by atoms with Crippen molar-refractivity contribution in [3.63, 3.8) is 0 Å². The molecule has 1 fully saturated rings. The van der Waals surface area contributed by atoms with Crippen LogP contribution in [0.3, 0.4) is 0 Å². The number of aliphatic hydroxyl groups excluding tert-OH is 1. The quantitative estimate of drug-likeness (QED) is 0.215. The number of fused-ring (bicyclic) bond motifs is 1. The van der Waals surface area contributed by atoms with Gasteiger partial charge in [-0.1, -0.05) is 0 Å². The highest BCUT2D eigenvalue weighted by molar-refractivity contribution is 7.99. The van der Waals surface area contributed by atoms with E-state index >= 15 is 4.39 Å². The van der Waals surface area contributed by atoms with E-state index in [1.165, 1.54) is 0 Å². The smallest absolute Gasteiger partial charge is 0.142 e. The molecule has 5 nitrogen and oxygen atoms in total. The summed E-state index contributed by atoms with van der Waals surface area (Å²) in [6, 6.07) is 6.83. The van der Waals surface area contributed by atoms with Gasteiger partial charge in [-0.3, -0.25) is 4.98 Å².